The van der Waals surface area contributed by atoms with Crippen LogP contribution in [0.3, 0.4) is 0 Å². The average Bonchev–Trinajstić information content (AvgIpc) is 3.54. The topological polar surface area (TPSA) is 67.8 Å². The number of aliphatic imine (C=N–C) groups is 1. The molecular formula is C21H28N4O2. The van der Waals surface area contributed by atoms with Crippen LogP contribution < -0.4 is 20.1 Å². The summed E-state index contributed by atoms with van der Waals surface area (Å²) in [6.07, 6.45) is 5.27. The zero-order valence-electron chi connectivity index (χ0n) is 16.1. The predicted octanol–water partition coefficient (Wildman–Crippen LogP) is 2.79. The number of methoxy groups -OCH3 is 1. The summed E-state index contributed by atoms with van der Waals surface area (Å²) in [4.78, 5) is 8.64. The van der Waals surface area contributed by atoms with Gasteiger partial charge in [-0.2, -0.15) is 0 Å². The number of hydrogen-bond donors (Lipinski definition) is 2. The molecule has 27 heavy (non-hydrogen) atoms. The molecule has 0 saturated heterocycles. The summed E-state index contributed by atoms with van der Waals surface area (Å²) >= 11 is 0. The molecule has 2 aromatic rings. The first-order valence-electron chi connectivity index (χ1n) is 9.42. The van der Waals surface area contributed by atoms with Gasteiger partial charge in [0.1, 0.15) is 5.75 Å². The molecule has 144 valence electrons. The molecule has 1 aromatic carbocycles. The van der Waals surface area contributed by atoms with Crippen molar-refractivity contribution in [3.63, 3.8) is 0 Å². The van der Waals surface area contributed by atoms with Crippen molar-refractivity contribution in [3.05, 3.63) is 53.7 Å². The third-order valence-corrected chi connectivity index (χ3v) is 4.52. The Labute approximate surface area is 161 Å². The standard InChI is InChI=1S/C21H28N4O2/c1-22-21(23-12-11-18-5-3-4-6-19(18)26-2)25-14-17-9-10-20(24-13-17)27-15-16-7-8-16/h3-6,9-10,13,16H,7-8,11-12,14-15H2,1-2H3,(H2,22,23,25). The number of benzene rings is 1. The maximum atomic E-state index is 5.67. The van der Waals surface area contributed by atoms with E-state index in [-0.39, 0.29) is 0 Å². The molecule has 1 fully saturated rings. The molecule has 6 heteroatoms. The molecule has 3 rings (SSSR count). The number of rotatable bonds is 9. The Kier molecular flexibility index (Phi) is 6.90. The van der Waals surface area contributed by atoms with Crippen LogP contribution in [0.25, 0.3) is 0 Å². The number of hydrogen-bond acceptors (Lipinski definition) is 4. The minimum atomic E-state index is 0.657. The summed E-state index contributed by atoms with van der Waals surface area (Å²) in [6, 6.07) is 12.0. The number of guanidine groups is 1. The summed E-state index contributed by atoms with van der Waals surface area (Å²) in [5.74, 6) is 3.11. The quantitative estimate of drug-likeness (QED) is 0.526. The largest absolute Gasteiger partial charge is 0.496 e. The molecule has 6 nitrogen and oxygen atoms in total. The van der Waals surface area contributed by atoms with Crippen LogP contribution in [0.4, 0.5) is 0 Å². The molecule has 0 bridgehead atoms. The van der Waals surface area contributed by atoms with Crippen molar-refractivity contribution < 1.29 is 9.47 Å². The molecule has 0 radical (unpaired) electrons. The normalized spacial score (nSPS) is 13.9. The molecule has 0 spiro atoms. The van der Waals surface area contributed by atoms with Gasteiger partial charge in [0.25, 0.3) is 0 Å². The van der Waals surface area contributed by atoms with E-state index in [2.05, 4.69) is 26.7 Å². The van der Waals surface area contributed by atoms with E-state index in [1.54, 1.807) is 14.2 Å². The van der Waals surface area contributed by atoms with Crippen molar-refractivity contribution in [1.29, 1.82) is 0 Å². The Bertz CT molecular complexity index is 742. The van der Waals surface area contributed by atoms with Gasteiger partial charge in [-0.05, 0) is 42.4 Å². The van der Waals surface area contributed by atoms with Crippen LogP contribution in [-0.4, -0.2) is 38.3 Å². The molecule has 0 atom stereocenters. The van der Waals surface area contributed by atoms with Crippen LogP contribution in [0, 0.1) is 5.92 Å². The van der Waals surface area contributed by atoms with Gasteiger partial charge in [-0.1, -0.05) is 24.3 Å². The fraction of sp³-hybridized carbons (Fsp3) is 0.429. The first-order chi connectivity index (χ1) is 13.3. The van der Waals surface area contributed by atoms with Crippen molar-refractivity contribution >= 4 is 5.96 Å². The highest BCUT2D eigenvalue weighted by Crippen LogP contribution is 2.29. The van der Waals surface area contributed by atoms with Gasteiger partial charge in [0, 0.05) is 32.4 Å². The van der Waals surface area contributed by atoms with Gasteiger partial charge < -0.3 is 20.1 Å². The zero-order chi connectivity index (χ0) is 18.9. The number of nitrogens with one attached hydrogen (secondary N) is 2. The van der Waals surface area contributed by atoms with Crippen molar-refractivity contribution in [2.45, 2.75) is 25.8 Å². The second-order valence-electron chi connectivity index (χ2n) is 6.67. The molecule has 1 aromatic heterocycles. The van der Waals surface area contributed by atoms with Gasteiger partial charge in [-0.25, -0.2) is 4.98 Å². The summed E-state index contributed by atoms with van der Waals surface area (Å²) < 4.78 is 11.1. The maximum absolute atomic E-state index is 5.67. The minimum Gasteiger partial charge on any atom is -0.496 e. The van der Waals surface area contributed by atoms with Crippen LogP contribution in [0.2, 0.25) is 0 Å². The number of aromatic nitrogens is 1. The van der Waals surface area contributed by atoms with Crippen LogP contribution >= 0.6 is 0 Å². The van der Waals surface area contributed by atoms with Gasteiger partial charge in [-0.15, -0.1) is 0 Å². The van der Waals surface area contributed by atoms with Crippen molar-refractivity contribution in [2.75, 3.05) is 27.3 Å². The van der Waals surface area contributed by atoms with E-state index in [9.17, 15) is 0 Å². The summed E-state index contributed by atoms with van der Waals surface area (Å²) in [5, 5.41) is 6.64. The van der Waals surface area contributed by atoms with Gasteiger partial charge in [-0.3, -0.25) is 4.99 Å². The van der Waals surface area contributed by atoms with Gasteiger partial charge in [0.05, 0.1) is 13.7 Å². The summed E-state index contributed by atoms with van der Waals surface area (Å²) in [5.41, 5.74) is 2.26. The molecule has 1 aliphatic carbocycles. The van der Waals surface area contributed by atoms with E-state index < -0.39 is 0 Å². The highest BCUT2D eigenvalue weighted by atomic mass is 16.5. The third kappa shape index (κ3) is 6.16. The highest BCUT2D eigenvalue weighted by molar-refractivity contribution is 5.79. The van der Waals surface area contributed by atoms with E-state index in [0.29, 0.717) is 12.4 Å². The van der Waals surface area contributed by atoms with Crippen LogP contribution in [-0.2, 0) is 13.0 Å². The lowest BCUT2D eigenvalue weighted by atomic mass is 10.1. The van der Waals surface area contributed by atoms with Gasteiger partial charge in [0.2, 0.25) is 5.88 Å². The SMILES string of the molecule is CN=C(NCCc1ccccc1OC)NCc1ccc(OCC2CC2)nc1. The molecule has 2 N–H and O–H groups in total. The first-order valence-corrected chi connectivity index (χ1v) is 9.42. The monoisotopic (exact) mass is 368 g/mol. The Balaban J connectivity index is 1.40. The van der Waals surface area contributed by atoms with Crippen molar-refractivity contribution in [2.24, 2.45) is 10.9 Å². The van der Waals surface area contributed by atoms with Crippen LogP contribution in [0.1, 0.15) is 24.0 Å². The fourth-order valence-corrected chi connectivity index (χ4v) is 2.72. The third-order valence-electron chi connectivity index (χ3n) is 4.52. The van der Waals surface area contributed by atoms with Crippen molar-refractivity contribution in [3.8, 4) is 11.6 Å². The maximum Gasteiger partial charge on any atom is 0.213 e. The molecule has 1 aliphatic rings. The lowest BCUT2D eigenvalue weighted by Crippen LogP contribution is -2.37. The Morgan fingerprint density at radius 3 is 2.74 bits per heavy atom. The van der Waals surface area contributed by atoms with E-state index in [4.69, 9.17) is 9.47 Å². The smallest absolute Gasteiger partial charge is 0.213 e. The number of para-hydroxylation sites is 1. The van der Waals surface area contributed by atoms with Crippen molar-refractivity contribution in [1.82, 2.24) is 15.6 Å². The second-order valence-corrected chi connectivity index (χ2v) is 6.67. The lowest BCUT2D eigenvalue weighted by Gasteiger charge is -2.13. The average molecular weight is 368 g/mol. The molecule has 0 aliphatic heterocycles. The predicted molar refractivity (Wildman–Crippen MR) is 107 cm³/mol. The molecule has 0 amide bonds. The zero-order valence-corrected chi connectivity index (χ0v) is 16.1. The Hall–Kier alpha value is -2.76. The first kappa shape index (κ1) is 19.0. The molecule has 1 saturated carbocycles. The fourth-order valence-electron chi connectivity index (χ4n) is 2.72. The van der Waals surface area contributed by atoms with E-state index in [1.165, 1.54) is 18.4 Å². The Morgan fingerprint density at radius 2 is 2.04 bits per heavy atom. The summed E-state index contributed by atoms with van der Waals surface area (Å²) in [7, 11) is 3.47. The molecule has 0 unspecified atom stereocenters. The van der Waals surface area contributed by atoms with Gasteiger partial charge >= 0.3 is 0 Å². The highest BCUT2D eigenvalue weighted by Gasteiger charge is 2.22. The summed E-state index contributed by atoms with van der Waals surface area (Å²) in [6.45, 7) is 2.21. The molecule has 1 heterocycles. The number of nitrogens with zero attached hydrogens (tertiary/aromatic N) is 2. The number of pyridine rings is 1. The second kappa shape index (κ2) is 9.80. The van der Waals surface area contributed by atoms with Crippen LogP contribution in [0.15, 0.2) is 47.6 Å². The molecular weight excluding hydrogens is 340 g/mol. The lowest BCUT2D eigenvalue weighted by molar-refractivity contribution is 0.288. The van der Waals surface area contributed by atoms with E-state index >= 15 is 0 Å². The van der Waals surface area contributed by atoms with E-state index in [0.717, 1.165) is 42.8 Å². The Morgan fingerprint density at radius 1 is 1.19 bits per heavy atom. The number of ether oxygens (including phenoxy) is 2. The minimum absolute atomic E-state index is 0.657. The van der Waals surface area contributed by atoms with Gasteiger partial charge in [0.15, 0.2) is 5.96 Å². The van der Waals surface area contributed by atoms with E-state index in [1.807, 2.05) is 36.5 Å². The van der Waals surface area contributed by atoms with Crippen LogP contribution in [0.5, 0.6) is 11.6 Å².